The third-order valence-electron chi connectivity index (χ3n) is 3.93. The van der Waals surface area contributed by atoms with E-state index in [9.17, 15) is 23.6 Å². The van der Waals surface area contributed by atoms with E-state index >= 15 is 0 Å². The maximum atomic E-state index is 12.6. The van der Waals surface area contributed by atoms with Crippen LogP contribution in [0.25, 0.3) is 10.9 Å². The van der Waals surface area contributed by atoms with Gasteiger partial charge in [0.1, 0.15) is 18.8 Å². The van der Waals surface area contributed by atoms with Gasteiger partial charge >= 0.3 is 5.97 Å². The van der Waals surface area contributed by atoms with Crippen molar-refractivity contribution in [2.24, 2.45) is 0 Å². The third-order valence-corrected chi connectivity index (χ3v) is 3.93. The highest BCUT2D eigenvalue weighted by atomic mass is 19.1. The van der Waals surface area contributed by atoms with Crippen molar-refractivity contribution in [3.05, 3.63) is 40.9 Å². The lowest BCUT2D eigenvalue weighted by Gasteiger charge is -2.21. The molecular weight excluding hydrogens is 345 g/mol. The lowest BCUT2D eigenvalue weighted by Crippen LogP contribution is -2.47. The van der Waals surface area contributed by atoms with E-state index in [-0.39, 0.29) is 6.42 Å². The predicted molar refractivity (Wildman–Crippen MR) is 90.5 cm³/mol. The Balaban J connectivity index is 2.33. The molecule has 2 atom stereocenters. The summed E-state index contributed by atoms with van der Waals surface area (Å²) in [5.41, 5.74) is 0.0320. The largest absolute Gasteiger partial charge is 0.481 e. The van der Waals surface area contributed by atoms with Crippen molar-refractivity contribution in [1.82, 2.24) is 14.9 Å². The second-order valence-electron chi connectivity index (χ2n) is 5.66. The van der Waals surface area contributed by atoms with Crippen LogP contribution >= 0.6 is 0 Å². The summed E-state index contributed by atoms with van der Waals surface area (Å²) in [6.45, 7) is 0.252. The molecule has 2 aromatic rings. The summed E-state index contributed by atoms with van der Waals surface area (Å²) in [4.78, 5) is 51.6. The maximum absolute atomic E-state index is 12.6. The van der Waals surface area contributed by atoms with Crippen LogP contribution in [-0.2, 0) is 14.4 Å². The lowest BCUT2D eigenvalue weighted by atomic mass is 10.1. The molecule has 0 aliphatic heterocycles. The highest BCUT2D eigenvalue weighted by Gasteiger charge is 2.28. The molecule has 0 aliphatic carbocycles. The number of fused-ring (bicyclic) bond motifs is 1. The fourth-order valence-electron chi connectivity index (χ4n) is 2.59. The molecule has 138 valence electrons. The second-order valence-corrected chi connectivity index (χ2v) is 5.66. The minimum absolute atomic E-state index is 0.190. The molecule has 0 spiro atoms. The number of amides is 1. The molecule has 0 aliphatic rings. The van der Waals surface area contributed by atoms with Gasteiger partial charge in [-0.3, -0.25) is 23.7 Å². The Labute approximate surface area is 147 Å². The number of carbonyl (C=O) groups excluding carboxylic acids is 2. The number of nitrogens with one attached hydrogen (secondary N) is 1. The van der Waals surface area contributed by atoms with Crippen molar-refractivity contribution in [1.29, 1.82) is 0 Å². The lowest BCUT2D eigenvalue weighted by molar-refractivity contribution is -0.140. The molecule has 0 saturated carbocycles. The number of carboxylic acids is 1. The molecule has 0 saturated heterocycles. The van der Waals surface area contributed by atoms with Crippen molar-refractivity contribution in [2.75, 3.05) is 6.67 Å². The van der Waals surface area contributed by atoms with Gasteiger partial charge in [0, 0.05) is 0 Å². The van der Waals surface area contributed by atoms with Gasteiger partial charge in [0.25, 0.3) is 5.56 Å². The number of hydrogen-bond acceptors (Lipinski definition) is 5. The van der Waals surface area contributed by atoms with E-state index in [1.807, 2.05) is 0 Å². The first kappa shape index (κ1) is 19.2. The van der Waals surface area contributed by atoms with Crippen LogP contribution in [0, 0.1) is 0 Å². The predicted octanol–water partition coefficient (Wildman–Crippen LogP) is 0.846. The summed E-state index contributed by atoms with van der Waals surface area (Å²) < 4.78 is 13.7. The van der Waals surface area contributed by atoms with E-state index in [0.29, 0.717) is 10.9 Å². The maximum Gasteiger partial charge on any atom is 0.305 e. The van der Waals surface area contributed by atoms with Crippen LogP contribution in [0.1, 0.15) is 25.8 Å². The number of alkyl halides is 1. The number of ketones is 1. The Morgan fingerprint density at radius 2 is 2.00 bits per heavy atom. The van der Waals surface area contributed by atoms with Crippen LogP contribution in [-0.4, -0.2) is 45.0 Å². The van der Waals surface area contributed by atoms with Crippen LogP contribution in [0.4, 0.5) is 4.39 Å². The number of carbonyl (C=O) groups is 3. The van der Waals surface area contributed by atoms with Gasteiger partial charge in [0.05, 0.1) is 23.7 Å². The second kappa shape index (κ2) is 8.32. The monoisotopic (exact) mass is 363 g/mol. The molecule has 2 rings (SSSR count). The van der Waals surface area contributed by atoms with E-state index in [1.165, 1.54) is 6.33 Å². The third kappa shape index (κ3) is 4.11. The summed E-state index contributed by atoms with van der Waals surface area (Å²) in [5, 5.41) is 11.4. The molecule has 1 heterocycles. The van der Waals surface area contributed by atoms with Gasteiger partial charge < -0.3 is 10.4 Å². The van der Waals surface area contributed by atoms with Gasteiger partial charge in [-0.1, -0.05) is 19.1 Å². The van der Waals surface area contributed by atoms with Crippen molar-refractivity contribution in [3.8, 4) is 0 Å². The molecular formula is C17H18FN3O5. The molecule has 2 N–H and O–H groups in total. The van der Waals surface area contributed by atoms with Crippen LogP contribution in [0.3, 0.4) is 0 Å². The van der Waals surface area contributed by atoms with Gasteiger partial charge in [-0.25, -0.2) is 9.37 Å². The molecule has 1 amide bonds. The number of aliphatic carboxylic acids is 1. The van der Waals surface area contributed by atoms with Crippen molar-refractivity contribution in [3.63, 3.8) is 0 Å². The van der Waals surface area contributed by atoms with Crippen molar-refractivity contribution < 1.29 is 23.9 Å². The number of para-hydroxylation sites is 1. The first-order chi connectivity index (χ1) is 12.4. The summed E-state index contributed by atoms with van der Waals surface area (Å²) in [5.74, 6) is -3.14. The number of Topliss-reactive ketones (excluding diaryl/α,β-unsaturated/α-hetero) is 1. The van der Waals surface area contributed by atoms with E-state index in [0.717, 1.165) is 4.57 Å². The highest BCUT2D eigenvalue weighted by molar-refractivity contribution is 5.93. The average Bonchev–Trinajstić information content (AvgIpc) is 2.62. The summed E-state index contributed by atoms with van der Waals surface area (Å²) in [7, 11) is 0. The number of halogens is 1. The van der Waals surface area contributed by atoms with Gasteiger partial charge in [-0.2, -0.15) is 0 Å². The highest BCUT2D eigenvalue weighted by Crippen LogP contribution is 2.13. The van der Waals surface area contributed by atoms with Gasteiger partial charge in [-0.15, -0.1) is 0 Å². The summed E-state index contributed by atoms with van der Waals surface area (Å²) in [6, 6.07) is 4.12. The van der Waals surface area contributed by atoms with Crippen LogP contribution in [0.15, 0.2) is 35.4 Å². The first-order valence-corrected chi connectivity index (χ1v) is 7.95. The van der Waals surface area contributed by atoms with Gasteiger partial charge in [0.2, 0.25) is 5.91 Å². The number of aromatic nitrogens is 2. The molecule has 0 radical (unpaired) electrons. The number of hydrogen-bond donors (Lipinski definition) is 2. The molecule has 1 aromatic carbocycles. The van der Waals surface area contributed by atoms with Crippen LogP contribution in [0.5, 0.6) is 0 Å². The van der Waals surface area contributed by atoms with Gasteiger partial charge in [0.15, 0.2) is 5.78 Å². The standard InChI is InChI=1S/C17H18FN3O5/c1-2-13(16(25)20-12(7-15(23)24)14(22)8-18)21-9-19-11-6-4-3-5-10(11)17(21)26/h3-6,9,12-13H,2,7-8H2,1H3,(H,20,25)(H,23,24)/t12?,13-/m0/s1. The first-order valence-electron chi connectivity index (χ1n) is 7.95. The van der Waals surface area contributed by atoms with E-state index in [1.54, 1.807) is 31.2 Å². The van der Waals surface area contributed by atoms with Crippen molar-refractivity contribution >= 4 is 28.6 Å². The van der Waals surface area contributed by atoms with E-state index in [2.05, 4.69) is 10.3 Å². The fourth-order valence-corrected chi connectivity index (χ4v) is 2.59. The average molecular weight is 363 g/mol. The number of nitrogens with zero attached hydrogens (tertiary/aromatic N) is 2. The van der Waals surface area contributed by atoms with Gasteiger partial charge in [-0.05, 0) is 18.6 Å². The van der Waals surface area contributed by atoms with E-state index in [4.69, 9.17) is 5.11 Å². The Morgan fingerprint density at radius 1 is 1.31 bits per heavy atom. The van der Waals surface area contributed by atoms with E-state index < -0.39 is 48.4 Å². The Kier molecular flexibility index (Phi) is 6.16. The molecule has 1 unspecified atom stereocenters. The molecule has 0 fully saturated rings. The minimum atomic E-state index is -1.50. The molecule has 26 heavy (non-hydrogen) atoms. The number of carboxylic acid groups (broad SMARTS) is 1. The van der Waals surface area contributed by atoms with Crippen molar-refractivity contribution in [2.45, 2.75) is 31.8 Å². The molecule has 9 heteroatoms. The summed E-state index contributed by atoms with van der Waals surface area (Å²) >= 11 is 0. The smallest absolute Gasteiger partial charge is 0.305 e. The Morgan fingerprint density at radius 3 is 2.62 bits per heavy atom. The molecule has 0 bridgehead atoms. The zero-order valence-corrected chi connectivity index (χ0v) is 14.0. The number of benzene rings is 1. The SMILES string of the molecule is CC[C@@H](C(=O)NC(CC(=O)O)C(=O)CF)n1cnc2ccccc2c1=O. The normalized spacial score (nSPS) is 13.2. The van der Waals surface area contributed by atoms with Crippen LogP contribution in [0.2, 0.25) is 0 Å². The van der Waals surface area contributed by atoms with Crippen LogP contribution < -0.4 is 10.9 Å². The zero-order chi connectivity index (χ0) is 19.3. The minimum Gasteiger partial charge on any atom is -0.481 e. The zero-order valence-electron chi connectivity index (χ0n) is 14.0. The number of rotatable bonds is 8. The Hall–Kier alpha value is -3.10. The quantitative estimate of drug-likeness (QED) is 0.718. The topological polar surface area (TPSA) is 118 Å². The fraction of sp³-hybridized carbons (Fsp3) is 0.353. The summed E-state index contributed by atoms with van der Waals surface area (Å²) in [6.07, 6.45) is 0.673. The molecule has 8 nitrogen and oxygen atoms in total. The molecule has 1 aromatic heterocycles. The Bertz CT molecular complexity index is 895.